The van der Waals surface area contributed by atoms with Crippen LogP contribution in [0.4, 0.5) is 0 Å². The molecule has 0 aliphatic heterocycles. The maximum Gasteiger partial charge on any atom is 0.331 e. The van der Waals surface area contributed by atoms with Gasteiger partial charge in [0.25, 0.3) is 0 Å². The van der Waals surface area contributed by atoms with Gasteiger partial charge in [0.05, 0.1) is 5.60 Å². The molecule has 7 atom stereocenters. The van der Waals surface area contributed by atoms with Crippen molar-refractivity contribution in [2.75, 3.05) is 0 Å². The molecule has 3 heteroatoms. The van der Waals surface area contributed by atoms with Gasteiger partial charge in [0.15, 0.2) is 0 Å². The molecule has 174 valence electrons. The van der Waals surface area contributed by atoms with Crippen molar-refractivity contribution in [1.29, 1.82) is 0 Å². The van der Waals surface area contributed by atoms with E-state index in [4.69, 9.17) is 4.74 Å². The zero-order valence-corrected chi connectivity index (χ0v) is 20.3. The minimum Gasteiger partial charge on any atom is -0.459 e. The van der Waals surface area contributed by atoms with Gasteiger partial charge < -0.3 is 9.84 Å². The van der Waals surface area contributed by atoms with Gasteiger partial charge >= 0.3 is 5.97 Å². The van der Waals surface area contributed by atoms with Gasteiger partial charge in [-0.2, -0.15) is 0 Å². The van der Waals surface area contributed by atoms with Crippen molar-refractivity contribution < 1.29 is 14.6 Å². The Balaban J connectivity index is 1.48. The zero-order chi connectivity index (χ0) is 22.8. The third kappa shape index (κ3) is 3.38. The van der Waals surface area contributed by atoms with Crippen molar-refractivity contribution in [3.05, 3.63) is 42.0 Å². The summed E-state index contributed by atoms with van der Waals surface area (Å²) in [6.07, 6.45) is 12.1. The van der Waals surface area contributed by atoms with Crippen LogP contribution >= 0.6 is 0 Å². The van der Waals surface area contributed by atoms with Crippen LogP contribution in [0.2, 0.25) is 0 Å². The summed E-state index contributed by atoms with van der Waals surface area (Å²) in [5, 5.41) is 11.3. The Labute approximate surface area is 193 Å². The highest BCUT2D eigenvalue weighted by molar-refractivity contribution is 5.87. The lowest BCUT2D eigenvalue weighted by Gasteiger charge is -2.71. The topological polar surface area (TPSA) is 46.5 Å². The highest BCUT2D eigenvalue weighted by atomic mass is 16.5. The Kier molecular flexibility index (Phi) is 5.17. The Bertz CT molecular complexity index is 900. The summed E-state index contributed by atoms with van der Waals surface area (Å²) in [4.78, 5) is 13.0. The fourth-order valence-corrected chi connectivity index (χ4v) is 8.96. The van der Waals surface area contributed by atoms with E-state index in [2.05, 4.69) is 20.8 Å². The van der Waals surface area contributed by atoms with Crippen LogP contribution in [0, 0.1) is 34.0 Å². The molecule has 32 heavy (non-hydrogen) atoms. The fourth-order valence-electron chi connectivity index (χ4n) is 8.96. The zero-order valence-electron chi connectivity index (χ0n) is 20.3. The molecule has 5 saturated carbocycles. The summed E-state index contributed by atoms with van der Waals surface area (Å²) in [6, 6.07) is 9.92. The molecule has 5 aliphatic carbocycles. The average Bonchev–Trinajstić information content (AvgIpc) is 2.73. The van der Waals surface area contributed by atoms with Gasteiger partial charge in [-0.1, -0.05) is 57.5 Å². The summed E-state index contributed by atoms with van der Waals surface area (Å²) < 4.78 is 6.35. The quantitative estimate of drug-likeness (QED) is 0.440. The second-order valence-electron chi connectivity index (χ2n) is 12.6. The Morgan fingerprint density at radius 1 is 1.03 bits per heavy atom. The molecule has 0 radical (unpaired) electrons. The van der Waals surface area contributed by atoms with E-state index in [1.54, 1.807) is 6.08 Å². The number of rotatable bonds is 3. The van der Waals surface area contributed by atoms with E-state index in [9.17, 15) is 9.90 Å². The number of esters is 1. The van der Waals surface area contributed by atoms with Gasteiger partial charge in [-0.05, 0) is 92.1 Å². The molecule has 0 aromatic heterocycles. The minimum atomic E-state index is -0.646. The first-order valence-corrected chi connectivity index (χ1v) is 12.7. The van der Waals surface area contributed by atoms with Gasteiger partial charge in [0.1, 0.15) is 6.10 Å². The molecule has 1 spiro atoms. The van der Waals surface area contributed by atoms with Crippen LogP contribution in [0.5, 0.6) is 0 Å². The Morgan fingerprint density at radius 3 is 2.50 bits per heavy atom. The molecule has 0 unspecified atom stereocenters. The number of aliphatic hydroxyl groups is 1. The third-order valence-electron chi connectivity index (χ3n) is 10.4. The summed E-state index contributed by atoms with van der Waals surface area (Å²) in [5.41, 5.74) is 0.809. The lowest BCUT2D eigenvalue weighted by Crippen LogP contribution is -2.69. The van der Waals surface area contributed by atoms with Crippen LogP contribution in [-0.2, 0) is 9.53 Å². The van der Waals surface area contributed by atoms with Crippen LogP contribution in [-0.4, -0.2) is 22.8 Å². The van der Waals surface area contributed by atoms with Crippen LogP contribution in [0.1, 0.15) is 84.6 Å². The van der Waals surface area contributed by atoms with Gasteiger partial charge in [-0.25, -0.2) is 4.79 Å². The lowest BCUT2D eigenvalue weighted by atomic mass is 9.35. The summed E-state index contributed by atoms with van der Waals surface area (Å²) in [6.45, 7) is 9.42. The number of hydrogen-bond donors (Lipinski definition) is 1. The molecule has 2 bridgehead atoms. The largest absolute Gasteiger partial charge is 0.459 e. The first-order valence-electron chi connectivity index (χ1n) is 12.7. The molecule has 1 N–H and O–H groups in total. The Morgan fingerprint density at radius 2 is 1.78 bits per heavy atom. The maximum absolute atomic E-state index is 13.0. The molecule has 0 heterocycles. The normalized spacial score (nSPS) is 44.7. The van der Waals surface area contributed by atoms with Crippen molar-refractivity contribution in [3.8, 4) is 0 Å². The molecular formula is C29H40O3. The van der Waals surface area contributed by atoms with Crippen LogP contribution in [0.3, 0.4) is 0 Å². The number of carbonyl (C=O) groups is 1. The average molecular weight is 437 g/mol. The molecule has 3 nitrogen and oxygen atoms in total. The van der Waals surface area contributed by atoms with Crippen LogP contribution in [0.25, 0.3) is 6.08 Å². The van der Waals surface area contributed by atoms with E-state index in [0.29, 0.717) is 17.8 Å². The molecule has 1 aromatic rings. The monoisotopic (exact) mass is 436 g/mol. The molecule has 5 aliphatic rings. The number of benzene rings is 1. The van der Waals surface area contributed by atoms with E-state index in [1.165, 1.54) is 19.3 Å². The van der Waals surface area contributed by atoms with Crippen LogP contribution in [0.15, 0.2) is 36.4 Å². The predicted molar refractivity (Wildman–Crippen MR) is 128 cm³/mol. The molecule has 0 saturated heterocycles. The van der Waals surface area contributed by atoms with E-state index >= 15 is 0 Å². The number of carbonyl (C=O) groups excluding carboxylic acids is 1. The molecule has 6 rings (SSSR count). The van der Waals surface area contributed by atoms with Gasteiger partial charge in [-0.15, -0.1) is 0 Å². The van der Waals surface area contributed by atoms with E-state index < -0.39 is 5.60 Å². The summed E-state index contributed by atoms with van der Waals surface area (Å²) >= 11 is 0. The Hall–Kier alpha value is -1.61. The van der Waals surface area contributed by atoms with E-state index in [1.807, 2.05) is 43.3 Å². The van der Waals surface area contributed by atoms with Crippen molar-refractivity contribution in [1.82, 2.24) is 0 Å². The first-order chi connectivity index (χ1) is 15.1. The van der Waals surface area contributed by atoms with Crippen molar-refractivity contribution in [2.24, 2.45) is 34.0 Å². The number of ether oxygens (including phenoxy) is 1. The molecule has 1 aromatic carbocycles. The van der Waals surface area contributed by atoms with Crippen molar-refractivity contribution in [2.45, 2.75) is 90.8 Å². The standard InChI is InChI=1S/C29H40O3/c1-26(2)14-8-15-27(3)22(26)18-24(32-25(30)12-11-20-9-6-5-7-10-20)29-16-13-21(17-23(27)29)28(4,31)19-29/h5-7,9-12,21-24,31H,8,13-19H2,1-4H3/b12-11+/t21-,22-,23+,24-,27-,28+,29+/m1/s1. The van der Waals surface area contributed by atoms with Gasteiger partial charge in [0.2, 0.25) is 0 Å². The van der Waals surface area contributed by atoms with Gasteiger partial charge in [-0.3, -0.25) is 0 Å². The van der Waals surface area contributed by atoms with Gasteiger partial charge in [0, 0.05) is 11.5 Å². The molecular weight excluding hydrogens is 396 g/mol. The van der Waals surface area contributed by atoms with E-state index in [-0.39, 0.29) is 28.3 Å². The van der Waals surface area contributed by atoms with Crippen molar-refractivity contribution in [3.63, 3.8) is 0 Å². The number of hydrogen-bond acceptors (Lipinski definition) is 3. The lowest BCUT2D eigenvalue weighted by molar-refractivity contribution is -0.271. The first kappa shape index (κ1) is 22.2. The number of fused-ring (bicyclic) bond motifs is 3. The summed E-state index contributed by atoms with van der Waals surface area (Å²) in [5.74, 6) is 1.23. The highest BCUT2D eigenvalue weighted by Crippen LogP contribution is 2.73. The molecule has 0 amide bonds. The van der Waals surface area contributed by atoms with Crippen molar-refractivity contribution >= 4 is 12.0 Å². The second kappa shape index (κ2) is 7.45. The maximum atomic E-state index is 13.0. The van der Waals surface area contributed by atoms with Crippen LogP contribution < -0.4 is 0 Å². The minimum absolute atomic E-state index is 0.0901. The fraction of sp³-hybridized carbons (Fsp3) is 0.690. The van der Waals surface area contributed by atoms with E-state index in [0.717, 1.165) is 37.7 Å². The smallest absolute Gasteiger partial charge is 0.331 e. The second-order valence-corrected chi connectivity index (χ2v) is 12.6. The highest BCUT2D eigenvalue weighted by Gasteiger charge is 2.69. The third-order valence-corrected chi connectivity index (χ3v) is 10.4. The molecule has 5 fully saturated rings. The summed E-state index contributed by atoms with van der Waals surface area (Å²) in [7, 11) is 0. The predicted octanol–water partition coefficient (Wildman–Crippen LogP) is 6.41. The SMILES string of the molecule is CC1(C)CCC[C@]2(C)[C@@H]1C[C@@H](OC(=O)/C=C/c1ccccc1)[C@]13CC[C@H](C[C@@H]21)[C@@](C)(O)C3.